The van der Waals surface area contributed by atoms with E-state index >= 15 is 0 Å². The smallest absolute Gasteiger partial charge is 0.271 e. The van der Waals surface area contributed by atoms with Gasteiger partial charge in [-0.2, -0.15) is 0 Å². The van der Waals surface area contributed by atoms with Crippen molar-refractivity contribution in [2.45, 2.75) is 39.3 Å². The zero-order valence-corrected chi connectivity index (χ0v) is 15.6. The van der Waals surface area contributed by atoms with Gasteiger partial charge < -0.3 is 3.81 Å². The van der Waals surface area contributed by atoms with E-state index in [9.17, 15) is 0 Å². The second-order valence-electron chi connectivity index (χ2n) is 7.55. The Balaban J connectivity index is 2.50. The van der Waals surface area contributed by atoms with Gasteiger partial charge in [0.2, 0.25) is 0 Å². The van der Waals surface area contributed by atoms with Gasteiger partial charge in [-0.05, 0) is 65.0 Å². The molecule has 0 amide bonds. The normalized spacial score (nSPS) is 22.5. The van der Waals surface area contributed by atoms with Crippen molar-refractivity contribution in [2.75, 3.05) is 0 Å². The van der Waals surface area contributed by atoms with Gasteiger partial charge in [0.25, 0.3) is 16.5 Å². The standard InChI is InChI=1S/C16H26BNSi2/c1-19(2,3)18(20(4,5)6)17(15-11-7-8-12-15)16-13-9-10-14-16/h7-14H,1-6H3. The number of hydrogen-bond donors (Lipinski definition) is 0. The largest absolute Gasteiger partial charge is 0.659 e. The first kappa shape index (κ1) is 16.7. The average molecular weight is 299 g/mol. The fraction of sp³-hybridized carbons (Fsp3) is 0.375. The molecule has 1 nitrogen and oxygen atoms in total. The molecular weight excluding hydrogens is 273 g/mol. The average Bonchev–Trinajstić information content (AvgIpc) is 2.95. The van der Waals surface area contributed by atoms with Crippen LogP contribution in [-0.4, -0.2) is 26.8 Å². The minimum Gasteiger partial charge on any atom is -0.659 e. The Hall–Kier alpha value is 0.299. The van der Waals surface area contributed by atoms with Crippen molar-refractivity contribution < 1.29 is 3.81 Å². The summed E-state index contributed by atoms with van der Waals surface area (Å²) in [5, 5.41) is 0. The van der Waals surface area contributed by atoms with Gasteiger partial charge in [-0.1, -0.05) is 25.7 Å². The lowest BCUT2D eigenvalue weighted by Crippen LogP contribution is -2.58. The van der Waals surface area contributed by atoms with Crippen LogP contribution in [-0.2, 0) is 0 Å². The molecule has 0 heterocycles. The molecule has 0 aliphatic heterocycles. The van der Waals surface area contributed by atoms with Gasteiger partial charge in [0, 0.05) is 0 Å². The second-order valence-corrected chi connectivity index (χ2v) is 17.6. The fourth-order valence-corrected chi connectivity index (χ4v) is 13.6. The molecule has 4 heteroatoms. The van der Waals surface area contributed by atoms with E-state index in [1.807, 2.05) is 0 Å². The maximum Gasteiger partial charge on any atom is 0.271 e. The molecule has 20 heavy (non-hydrogen) atoms. The second kappa shape index (κ2) is 6.19. The lowest BCUT2D eigenvalue weighted by molar-refractivity contribution is -0.236. The zero-order valence-electron chi connectivity index (χ0n) is 13.6. The highest BCUT2D eigenvalue weighted by atomic mass is 28.4. The van der Waals surface area contributed by atoms with Gasteiger partial charge in [0.05, 0.1) is 0 Å². The van der Waals surface area contributed by atoms with Crippen LogP contribution in [0.1, 0.15) is 0 Å². The molecule has 0 N–H and O–H groups in total. The number of hydrogen-bond acceptors (Lipinski definition) is 0. The van der Waals surface area contributed by atoms with E-state index in [1.165, 1.54) is 11.6 Å². The number of nitrogens with zero attached hydrogens (tertiary/aromatic N) is 1. The third kappa shape index (κ3) is 3.73. The van der Waals surface area contributed by atoms with Crippen LogP contribution >= 0.6 is 0 Å². The van der Waals surface area contributed by atoms with Crippen molar-refractivity contribution in [3.05, 3.63) is 63.0 Å². The highest BCUT2D eigenvalue weighted by Gasteiger charge is 2.39. The maximum absolute atomic E-state index is 2.89. The lowest BCUT2D eigenvalue weighted by atomic mass is 9.48. The first-order valence-electron chi connectivity index (χ1n) is 7.44. The summed E-state index contributed by atoms with van der Waals surface area (Å²) in [6.07, 6.45) is 17.8. The highest BCUT2D eigenvalue weighted by molar-refractivity contribution is 6.85. The summed E-state index contributed by atoms with van der Waals surface area (Å²) in [5.41, 5.74) is 0. The number of rotatable bonds is 4. The van der Waals surface area contributed by atoms with Gasteiger partial charge in [-0.25, -0.2) is 0 Å². The third-order valence-corrected chi connectivity index (χ3v) is 11.1. The molecule has 106 valence electrons. The summed E-state index contributed by atoms with van der Waals surface area (Å²) in [6.45, 7) is 15.3. The molecule has 0 aromatic carbocycles. The molecule has 0 bridgehead atoms. The Kier molecular flexibility index (Phi) is 5.16. The van der Waals surface area contributed by atoms with Gasteiger partial charge in [-0.15, -0.1) is 11.6 Å². The Morgan fingerprint density at radius 1 is 0.650 bits per heavy atom. The highest BCUT2D eigenvalue weighted by Crippen LogP contribution is 2.35. The molecule has 2 fully saturated rings. The van der Waals surface area contributed by atoms with Crippen LogP contribution < -0.4 is 0 Å². The summed E-state index contributed by atoms with van der Waals surface area (Å²) in [4.78, 5) is 0. The summed E-state index contributed by atoms with van der Waals surface area (Å²) in [6, 6.07) is 0. The molecule has 0 spiro atoms. The first-order valence-corrected chi connectivity index (χ1v) is 14.3. The minimum absolute atomic E-state index is 0.429. The van der Waals surface area contributed by atoms with E-state index in [0.29, 0.717) is 6.51 Å². The molecule has 0 unspecified atom stereocenters. The minimum atomic E-state index is -1.40. The van der Waals surface area contributed by atoms with Gasteiger partial charge in [-0.3, -0.25) is 0 Å². The van der Waals surface area contributed by atoms with Gasteiger partial charge in [0.15, 0.2) is 0 Å². The van der Waals surface area contributed by atoms with Crippen molar-refractivity contribution >= 4 is 23.0 Å². The Bertz CT molecular complexity index is 333. The molecule has 2 aliphatic rings. The Morgan fingerprint density at radius 2 is 0.950 bits per heavy atom. The maximum atomic E-state index is 2.89. The van der Waals surface area contributed by atoms with Gasteiger partial charge >= 0.3 is 0 Å². The predicted octanol–water partition coefficient (Wildman–Crippen LogP) is 3.82. The molecule has 2 rings (SSSR count). The van der Waals surface area contributed by atoms with Crippen LogP contribution in [0.15, 0.2) is 0 Å². The third-order valence-electron chi connectivity index (χ3n) is 3.71. The van der Waals surface area contributed by atoms with E-state index in [2.05, 4.69) is 94.5 Å². The van der Waals surface area contributed by atoms with Crippen molar-refractivity contribution in [3.8, 4) is 0 Å². The van der Waals surface area contributed by atoms with Crippen LogP contribution in [0, 0.1) is 63.0 Å². The van der Waals surface area contributed by atoms with Crippen molar-refractivity contribution in [1.29, 1.82) is 0 Å². The molecule has 0 atom stereocenters. The summed E-state index contributed by atoms with van der Waals surface area (Å²) in [5.74, 6) is 2.89. The predicted molar refractivity (Wildman–Crippen MR) is 93.6 cm³/mol. The SMILES string of the molecule is C[Si](C)(C)[N+](=[B-]([C]1[CH][CH][CH][CH]1)[C]1[CH][CH][CH][CH]1)[Si](C)(C)C. The Labute approximate surface area is 129 Å². The van der Waals surface area contributed by atoms with E-state index in [0.717, 1.165) is 0 Å². The first-order chi connectivity index (χ1) is 9.21. The molecule has 0 saturated heterocycles. The summed E-state index contributed by atoms with van der Waals surface area (Å²) >= 11 is 0. The monoisotopic (exact) mass is 299 g/mol. The van der Waals surface area contributed by atoms with Crippen LogP contribution in [0.4, 0.5) is 0 Å². The molecule has 2 saturated carbocycles. The van der Waals surface area contributed by atoms with Gasteiger partial charge in [0.1, 0.15) is 6.51 Å². The van der Waals surface area contributed by atoms with Crippen LogP contribution in [0.3, 0.4) is 0 Å². The van der Waals surface area contributed by atoms with Crippen LogP contribution in [0.5, 0.6) is 0 Å². The summed E-state index contributed by atoms with van der Waals surface area (Å²) in [7, 11) is -2.80. The van der Waals surface area contributed by atoms with E-state index in [1.54, 1.807) is 0 Å². The molecule has 10 radical (unpaired) electrons. The topological polar surface area (TPSA) is 3.01 Å². The zero-order chi connectivity index (χ0) is 15.0. The van der Waals surface area contributed by atoms with Crippen LogP contribution in [0.25, 0.3) is 0 Å². The van der Waals surface area contributed by atoms with E-state index < -0.39 is 16.5 Å². The summed E-state index contributed by atoms with van der Waals surface area (Å²) < 4.78 is 2.89. The van der Waals surface area contributed by atoms with Crippen molar-refractivity contribution in [3.63, 3.8) is 0 Å². The quantitative estimate of drug-likeness (QED) is 0.694. The van der Waals surface area contributed by atoms with Crippen molar-refractivity contribution in [1.82, 2.24) is 0 Å². The molecule has 0 aromatic heterocycles. The van der Waals surface area contributed by atoms with Crippen LogP contribution in [0.2, 0.25) is 39.3 Å². The van der Waals surface area contributed by atoms with E-state index in [-0.39, 0.29) is 0 Å². The fourth-order valence-electron chi connectivity index (χ4n) is 3.41. The lowest BCUT2D eigenvalue weighted by Gasteiger charge is -2.45. The molecular formula is C16H26BNSi2. The molecule has 0 aromatic rings. The molecule has 2 aliphatic carbocycles. The van der Waals surface area contributed by atoms with E-state index in [4.69, 9.17) is 0 Å². The Morgan fingerprint density at radius 3 is 1.20 bits per heavy atom. The van der Waals surface area contributed by atoms with Crippen molar-refractivity contribution in [2.24, 2.45) is 0 Å².